The van der Waals surface area contributed by atoms with Crippen molar-refractivity contribution in [3.63, 3.8) is 0 Å². The van der Waals surface area contributed by atoms with Crippen LogP contribution < -0.4 is 27.0 Å². The largest absolute Gasteiger partial charge is 0.380 e. The van der Waals surface area contributed by atoms with Crippen LogP contribution in [0.2, 0.25) is 0 Å². The van der Waals surface area contributed by atoms with Gasteiger partial charge in [0, 0.05) is 49.5 Å². The van der Waals surface area contributed by atoms with Crippen LogP contribution in [0, 0.1) is 64.1 Å². The van der Waals surface area contributed by atoms with Gasteiger partial charge in [0.2, 0.25) is 5.91 Å². The summed E-state index contributed by atoms with van der Waals surface area (Å²) in [4.78, 5) is 24.6. The van der Waals surface area contributed by atoms with E-state index in [-0.39, 0.29) is 54.4 Å². The van der Waals surface area contributed by atoms with Crippen LogP contribution in [-0.2, 0) is 14.3 Å². The molecule has 0 aromatic carbocycles. The third-order valence-corrected chi connectivity index (χ3v) is 20.2. The summed E-state index contributed by atoms with van der Waals surface area (Å²) in [6, 6.07) is 2.69. The van der Waals surface area contributed by atoms with Gasteiger partial charge in [-0.15, -0.1) is 11.8 Å². The Bertz CT molecular complexity index is 1600. The summed E-state index contributed by atoms with van der Waals surface area (Å²) in [6.07, 6.45) is 20.5. The van der Waals surface area contributed by atoms with E-state index in [1.165, 1.54) is 64.5 Å². The average molecular weight is 878 g/mol. The Hall–Kier alpha value is -1.34. The third-order valence-electron chi connectivity index (χ3n) is 18.5. The number of hydrogen-bond donors (Lipinski definition) is 5. The fourth-order valence-corrected chi connectivity index (χ4v) is 16.5. The number of carbonyl (C=O) groups excluding carboxylic acids is 1. The Morgan fingerprint density at radius 1 is 0.903 bits per heavy atom. The lowest BCUT2D eigenvalue weighted by molar-refractivity contribution is -0.126. The predicted molar refractivity (Wildman–Crippen MR) is 247 cm³/mol. The number of hydrazine groups is 2. The van der Waals surface area contributed by atoms with Crippen LogP contribution in [0.5, 0.6) is 0 Å². The van der Waals surface area contributed by atoms with E-state index in [0.29, 0.717) is 52.0 Å². The van der Waals surface area contributed by atoms with E-state index in [9.17, 15) is 10.1 Å². The zero-order valence-electron chi connectivity index (χ0n) is 39.3. The zero-order chi connectivity index (χ0) is 43.3. The quantitative estimate of drug-likeness (QED) is 0.165. The van der Waals surface area contributed by atoms with Gasteiger partial charge in [-0.25, -0.2) is 21.7 Å². The number of thioether (sulfide) groups is 1. The number of nitrogens with zero attached hydrogens (tertiary/aromatic N) is 4. The van der Waals surface area contributed by atoms with Gasteiger partial charge in [-0.2, -0.15) is 5.26 Å². The van der Waals surface area contributed by atoms with E-state index in [2.05, 4.69) is 96.2 Å². The number of likely N-dealkylation sites (tertiary alicyclic amines) is 1. The molecule has 1 spiro atoms. The molecule has 0 bridgehead atoms. The smallest absolute Gasteiger partial charge is 0.238 e. The summed E-state index contributed by atoms with van der Waals surface area (Å²) in [6.45, 7) is 17.1. The van der Waals surface area contributed by atoms with Crippen LogP contribution in [0.4, 0.5) is 0 Å². The maximum Gasteiger partial charge on any atom is 0.238 e. The molecule has 8 fully saturated rings. The van der Waals surface area contributed by atoms with Gasteiger partial charge in [0.15, 0.2) is 0 Å². The van der Waals surface area contributed by atoms with E-state index >= 15 is 0 Å². The number of hydrogen-bond acceptors (Lipinski definition) is 12. The average Bonchev–Trinajstić information content (AvgIpc) is 3.95. The SMILES string of the molecule is COC1CC(OC2CCC(NC(=O)C3CCC(N4CCC5(CCC(C6CCC(C7=N[C@@H](C)C8NNC(C)N8C8SC(C)C(C)C78)CC6C(C)C)CC5)C4)NN3)CC2)CCC1C#N. The lowest BCUT2D eigenvalue weighted by Gasteiger charge is -2.47. The molecule has 4 saturated carbocycles. The summed E-state index contributed by atoms with van der Waals surface area (Å²) in [5.74, 6) is 5.16. The van der Waals surface area contributed by atoms with Crippen molar-refractivity contribution in [3.05, 3.63) is 0 Å². The number of fused-ring (bicyclic) bond motifs is 3. The highest BCUT2D eigenvalue weighted by molar-refractivity contribution is 8.00. The minimum atomic E-state index is -0.184. The van der Waals surface area contributed by atoms with Crippen molar-refractivity contribution < 1.29 is 14.3 Å². The second-order valence-electron chi connectivity index (χ2n) is 22.4. The standard InChI is InChI=1S/C49H83N9O3S/c1-28(2)40-24-34(45-44-29(3)31(5)62-48(44)58-32(6)53-56-46(58)30(4)51-45)9-15-39(40)33-18-20-49(21-19-33)22-23-57(27-49)43-17-16-41(54-55-43)47(59)52-36-10-13-37(14-11-36)61-38-12-8-35(26-50)42(25-38)60-7/h28-44,46,48,53-56H,8-25,27H2,1-7H3,(H,52,59)/t29?,30-,31?,32?,33?,34?,35?,36?,37?,38?,39?,40?,41?,42?,43?,44?,46?,48?,49?/m0/s1. The molecule has 5 aliphatic heterocycles. The monoisotopic (exact) mass is 878 g/mol. The molecule has 0 aromatic heterocycles. The van der Waals surface area contributed by atoms with Crippen molar-refractivity contribution in [3.8, 4) is 6.07 Å². The van der Waals surface area contributed by atoms with Gasteiger partial charge in [0.05, 0.1) is 60.2 Å². The molecular formula is C49H83N9O3S. The first-order valence-corrected chi connectivity index (χ1v) is 26.5. The van der Waals surface area contributed by atoms with Crippen molar-refractivity contribution in [2.75, 3.05) is 20.2 Å². The van der Waals surface area contributed by atoms with E-state index in [0.717, 1.165) is 75.5 Å². The van der Waals surface area contributed by atoms with E-state index < -0.39 is 0 Å². The molecule has 15 atom stereocenters. The maximum absolute atomic E-state index is 13.4. The summed E-state index contributed by atoms with van der Waals surface area (Å²) in [5.41, 5.74) is 16.3. The van der Waals surface area contributed by atoms with E-state index in [1.54, 1.807) is 12.8 Å². The molecule has 5 N–H and O–H groups in total. The molecule has 0 radical (unpaired) electrons. The highest BCUT2D eigenvalue weighted by Crippen LogP contribution is 2.55. The van der Waals surface area contributed by atoms with Gasteiger partial charge in [-0.3, -0.25) is 19.6 Å². The summed E-state index contributed by atoms with van der Waals surface area (Å²) in [7, 11) is 1.71. The molecule has 0 aromatic rings. The Balaban J connectivity index is 0.717. The number of nitrogens with one attached hydrogen (secondary N) is 5. The van der Waals surface area contributed by atoms with Gasteiger partial charge < -0.3 is 14.8 Å². The van der Waals surface area contributed by atoms with Crippen LogP contribution >= 0.6 is 11.8 Å². The minimum absolute atomic E-state index is 0.0236. The summed E-state index contributed by atoms with van der Waals surface area (Å²) >= 11 is 2.21. The molecule has 12 nitrogen and oxygen atoms in total. The number of carbonyl (C=O) groups is 1. The van der Waals surface area contributed by atoms with Crippen LogP contribution in [0.1, 0.15) is 151 Å². The van der Waals surface area contributed by atoms with Crippen LogP contribution in [0.25, 0.3) is 0 Å². The van der Waals surface area contributed by atoms with Gasteiger partial charge >= 0.3 is 0 Å². The molecule has 348 valence electrons. The molecule has 4 aliphatic carbocycles. The Labute approximate surface area is 378 Å². The first-order valence-electron chi connectivity index (χ1n) is 25.6. The fourth-order valence-electron chi connectivity index (χ4n) is 14.6. The number of nitriles is 1. The van der Waals surface area contributed by atoms with Gasteiger partial charge in [0.25, 0.3) is 0 Å². The van der Waals surface area contributed by atoms with E-state index in [1.807, 2.05) is 0 Å². The predicted octanol–water partition coefficient (Wildman–Crippen LogP) is 6.93. The fraction of sp³-hybridized carbons (Fsp3) is 0.939. The number of rotatable bonds is 9. The summed E-state index contributed by atoms with van der Waals surface area (Å²) < 4.78 is 12.1. The van der Waals surface area contributed by atoms with Crippen molar-refractivity contribution in [2.24, 2.45) is 57.8 Å². The second kappa shape index (κ2) is 19.5. The van der Waals surface area contributed by atoms with Crippen molar-refractivity contribution in [2.45, 2.75) is 216 Å². The Kier molecular flexibility index (Phi) is 14.4. The molecule has 9 aliphatic rings. The Morgan fingerprint density at radius 3 is 2.39 bits per heavy atom. The third kappa shape index (κ3) is 9.32. The lowest BCUT2D eigenvalue weighted by atomic mass is 9.58. The molecule has 14 unspecified atom stereocenters. The minimum Gasteiger partial charge on any atom is -0.380 e. The normalized spacial score (nSPS) is 48.0. The molecule has 9 rings (SSSR count). The number of methoxy groups -OCH3 is 1. The van der Waals surface area contributed by atoms with Crippen LogP contribution in [0.15, 0.2) is 4.99 Å². The number of ether oxygens (including phenoxy) is 2. The number of aliphatic imine (C=N–C) groups is 1. The van der Waals surface area contributed by atoms with Gasteiger partial charge in [-0.05, 0) is 158 Å². The molecule has 4 saturated heterocycles. The molecule has 62 heavy (non-hydrogen) atoms. The van der Waals surface area contributed by atoms with Crippen molar-refractivity contribution in [1.29, 1.82) is 5.26 Å². The summed E-state index contributed by atoms with van der Waals surface area (Å²) in [5, 5.41) is 14.0. The lowest BCUT2D eigenvalue weighted by Crippen LogP contribution is -2.62. The van der Waals surface area contributed by atoms with Gasteiger partial charge in [0.1, 0.15) is 6.04 Å². The molecule has 5 heterocycles. The van der Waals surface area contributed by atoms with Crippen LogP contribution in [-0.4, -0.2) is 107 Å². The first-order chi connectivity index (χ1) is 29.9. The zero-order valence-corrected chi connectivity index (χ0v) is 40.1. The highest BCUT2D eigenvalue weighted by atomic mass is 32.2. The molecule has 13 heteroatoms. The second-order valence-corrected chi connectivity index (χ2v) is 23.9. The number of amides is 1. The molecular weight excluding hydrogens is 795 g/mol. The maximum atomic E-state index is 13.4. The van der Waals surface area contributed by atoms with Crippen LogP contribution in [0.3, 0.4) is 0 Å². The highest BCUT2D eigenvalue weighted by Gasteiger charge is 2.54. The van der Waals surface area contributed by atoms with E-state index in [4.69, 9.17) is 14.5 Å². The Morgan fingerprint density at radius 2 is 1.68 bits per heavy atom. The van der Waals surface area contributed by atoms with Crippen molar-refractivity contribution in [1.82, 2.24) is 36.8 Å². The topological polar surface area (TPSA) is 138 Å². The van der Waals surface area contributed by atoms with Crippen molar-refractivity contribution >= 4 is 23.4 Å². The van der Waals surface area contributed by atoms with Gasteiger partial charge in [-0.1, -0.05) is 27.7 Å². The first kappa shape index (κ1) is 45.8. The molecule has 1 amide bonds.